The highest BCUT2D eigenvalue weighted by molar-refractivity contribution is 5.77. The Bertz CT molecular complexity index is 2160. The van der Waals surface area contributed by atoms with Gasteiger partial charge in [0, 0.05) is 34.1 Å². The third-order valence-electron chi connectivity index (χ3n) is 14.7. The molecule has 5 fully saturated rings. The first-order valence-corrected chi connectivity index (χ1v) is 26.6. The van der Waals surface area contributed by atoms with Gasteiger partial charge >= 0.3 is 5.97 Å². The number of aliphatic hydroxyl groups excluding tert-OH is 18. The smallest absolute Gasteiger partial charge is 0.364 e. The molecular formula is C47H80N4O34. The van der Waals surface area contributed by atoms with Gasteiger partial charge in [0.2, 0.25) is 23.6 Å². The number of carboxylic acids is 1. The SMILES string of the molecule is CC(=O)N[C@H]1[C@H](O[C@H]2[C@@H](O)[C@@H](CO)O[C@@H](O[C@H]3[C@H](O)[C@@H](NC(C)=O)[C@H](O[C@@H]([C@@H](O)[C@H](O)CO)[C@H](CO)NC(C)=O)O[C@@H]3CO)[C@@H]2O)O[C@H](CO)[C@@H](O[C@@H]2O[C@H](CO)[C@H](O)[C@H](O[C@]3(C(=O)O)C[C@H](O)[C@@H](NC(C)=O)[C@H]([C@H](O)[C@H](O)CO)O3)[C@H]2O)[C@@H]1O. The summed E-state index contributed by atoms with van der Waals surface area (Å²) in [7, 11) is 0. The van der Waals surface area contributed by atoms with E-state index in [1.807, 2.05) is 0 Å². The number of carbonyl (C=O) groups is 5. The maximum absolute atomic E-state index is 13.0. The van der Waals surface area contributed by atoms with Crippen LogP contribution in [0.4, 0.5) is 0 Å². The Morgan fingerprint density at radius 1 is 0.506 bits per heavy atom. The molecule has 30 atom stereocenters. The number of carbonyl (C=O) groups excluding carboxylic acids is 4. The molecular weight excluding hydrogens is 1160 g/mol. The molecule has 0 aromatic rings. The number of aliphatic carboxylic acids is 1. The molecule has 5 heterocycles. The molecule has 5 rings (SSSR count). The van der Waals surface area contributed by atoms with Crippen molar-refractivity contribution in [3.05, 3.63) is 0 Å². The monoisotopic (exact) mass is 1240 g/mol. The first kappa shape index (κ1) is 72.0. The zero-order chi connectivity index (χ0) is 63.7. The van der Waals surface area contributed by atoms with E-state index in [0.717, 1.165) is 27.7 Å². The van der Waals surface area contributed by atoms with Crippen LogP contribution in [0.5, 0.6) is 0 Å². The highest BCUT2D eigenvalue weighted by Crippen LogP contribution is 2.40. The summed E-state index contributed by atoms with van der Waals surface area (Å²) in [6, 6.07) is -6.96. The Hall–Kier alpha value is -3.77. The molecule has 0 spiro atoms. The highest BCUT2D eigenvalue weighted by Gasteiger charge is 2.61. The molecule has 0 bridgehead atoms. The molecule has 38 nitrogen and oxygen atoms in total. The van der Waals surface area contributed by atoms with E-state index in [1.54, 1.807) is 0 Å². The van der Waals surface area contributed by atoms with Gasteiger partial charge in [0.15, 0.2) is 25.2 Å². The molecule has 85 heavy (non-hydrogen) atoms. The minimum Gasteiger partial charge on any atom is -0.477 e. The molecule has 0 saturated carbocycles. The van der Waals surface area contributed by atoms with E-state index in [-0.39, 0.29) is 0 Å². The summed E-state index contributed by atoms with van der Waals surface area (Å²) in [4.78, 5) is 62.4. The van der Waals surface area contributed by atoms with Crippen molar-refractivity contribution < 1.29 is 168 Å². The summed E-state index contributed by atoms with van der Waals surface area (Å²) in [5.41, 5.74) is 0. The van der Waals surface area contributed by atoms with Crippen molar-refractivity contribution in [2.24, 2.45) is 0 Å². The lowest BCUT2D eigenvalue weighted by atomic mass is 9.88. The number of ether oxygens (including phenoxy) is 10. The maximum atomic E-state index is 13.0. The summed E-state index contributed by atoms with van der Waals surface area (Å²) in [5, 5.41) is 214. The molecule has 5 aliphatic rings. The first-order chi connectivity index (χ1) is 40.0. The van der Waals surface area contributed by atoms with Crippen LogP contribution in [0, 0.1) is 0 Å². The predicted octanol–water partition coefficient (Wildman–Crippen LogP) is -14.7. The van der Waals surface area contributed by atoms with Crippen molar-refractivity contribution in [1.29, 1.82) is 0 Å². The third kappa shape index (κ3) is 16.7. The molecule has 492 valence electrons. The van der Waals surface area contributed by atoms with Crippen molar-refractivity contribution in [2.45, 2.75) is 217 Å². The normalized spacial score (nSPS) is 41.0. The van der Waals surface area contributed by atoms with Crippen LogP contribution in [0.15, 0.2) is 0 Å². The summed E-state index contributed by atoms with van der Waals surface area (Å²) < 4.78 is 57.9. The second kappa shape index (κ2) is 31.6. The molecule has 0 radical (unpaired) electrons. The standard InChI is InChI=1S/C47H80N4O34/c1-13(59)48-17(6-52)36(28(66)19(64)7-53)80-42-26(50-15(3)61)32(70)37(23(11-57)78-42)81-44-34(72)40(30(68)21(9-55)76-44)83-43-27(51-16(4)62)33(71)38(24(12-58)79-43)82-45-35(73)41(31(69)22(10-56)77-45)85-47(46(74)75)5-18(63)25(49-14(2)60)39(84-47)29(67)20(65)8-54/h17-45,52-58,63-73H,5-12H2,1-4H3,(H,48,59)(H,49,60)(H,50,61)(H,51,62)(H,74,75)/t17-,18-,19+,20+,21+,22+,23+,24+,25+,26+,27+,28-,29+,30-,31-,32+,33+,34+,35+,36+,37+,38+,39+,40-,41-,42-,43-,44-,45-,47-/m0/s1. The average molecular weight is 1250 g/mol. The Morgan fingerprint density at radius 2 is 0.929 bits per heavy atom. The number of amides is 4. The highest BCUT2D eigenvalue weighted by atomic mass is 16.8. The van der Waals surface area contributed by atoms with Crippen LogP contribution in [0.1, 0.15) is 34.1 Å². The van der Waals surface area contributed by atoms with Crippen LogP contribution in [0.25, 0.3) is 0 Å². The van der Waals surface area contributed by atoms with Crippen LogP contribution >= 0.6 is 0 Å². The molecule has 0 aromatic heterocycles. The van der Waals surface area contributed by atoms with E-state index in [2.05, 4.69) is 21.3 Å². The van der Waals surface area contributed by atoms with Crippen molar-refractivity contribution in [3.8, 4) is 0 Å². The van der Waals surface area contributed by atoms with Gasteiger partial charge in [-0.1, -0.05) is 0 Å². The van der Waals surface area contributed by atoms with E-state index < -0.39 is 266 Å². The van der Waals surface area contributed by atoms with Gasteiger partial charge in [0.25, 0.3) is 5.79 Å². The van der Waals surface area contributed by atoms with Crippen LogP contribution in [-0.2, 0) is 71.3 Å². The van der Waals surface area contributed by atoms with Crippen LogP contribution in [0.2, 0.25) is 0 Å². The lowest BCUT2D eigenvalue weighted by Crippen LogP contribution is -2.71. The van der Waals surface area contributed by atoms with Gasteiger partial charge in [0.05, 0.1) is 64.4 Å². The van der Waals surface area contributed by atoms with E-state index in [4.69, 9.17) is 47.4 Å². The van der Waals surface area contributed by atoms with Gasteiger partial charge in [0.1, 0.15) is 134 Å². The van der Waals surface area contributed by atoms with Crippen LogP contribution in [0.3, 0.4) is 0 Å². The Balaban J connectivity index is 1.41. The van der Waals surface area contributed by atoms with Gasteiger partial charge in [-0.25, -0.2) is 4.79 Å². The summed E-state index contributed by atoms with van der Waals surface area (Å²) in [6.07, 6.45) is -53.2. The summed E-state index contributed by atoms with van der Waals surface area (Å²) >= 11 is 0. The van der Waals surface area contributed by atoms with Gasteiger partial charge < -0.3 is 166 Å². The molecule has 5 saturated heterocycles. The van der Waals surface area contributed by atoms with E-state index in [1.165, 1.54) is 0 Å². The Labute approximate surface area is 482 Å². The van der Waals surface area contributed by atoms with Gasteiger partial charge in [-0.15, -0.1) is 0 Å². The molecule has 0 unspecified atom stereocenters. The lowest BCUT2D eigenvalue weighted by Gasteiger charge is -2.51. The number of aliphatic hydroxyl groups is 18. The fraction of sp³-hybridized carbons (Fsp3) is 0.894. The molecule has 4 amide bonds. The van der Waals surface area contributed by atoms with E-state index in [0.29, 0.717) is 0 Å². The van der Waals surface area contributed by atoms with Crippen LogP contribution in [-0.4, -0.2) is 356 Å². The molecule has 0 aliphatic carbocycles. The predicted molar refractivity (Wildman–Crippen MR) is 265 cm³/mol. The maximum Gasteiger partial charge on any atom is 0.364 e. The summed E-state index contributed by atoms with van der Waals surface area (Å²) in [6.45, 7) is -3.74. The fourth-order valence-electron chi connectivity index (χ4n) is 10.4. The van der Waals surface area contributed by atoms with Crippen LogP contribution < -0.4 is 21.3 Å². The topological polar surface area (TPSA) is 610 Å². The van der Waals surface area contributed by atoms with Gasteiger partial charge in [-0.05, 0) is 0 Å². The second-order valence-electron chi connectivity index (χ2n) is 20.9. The van der Waals surface area contributed by atoms with Crippen molar-refractivity contribution >= 4 is 29.6 Å². The zero-order valence-corrected chi connectivity index (χ0v) is 46.0. The Kier molecular flexibility index (Phi) is 26.8. The summed E-state index contributed by atoms with van der Waals surface area (Å²) in [5.74, 6) is -8.73. The number of nitrogens with one attached hydrogen (secondary N) is 4. The Morgan fingerprint density at radius 3 is 1.36 bits per heavy atom. The van der Waals surface area contributed by atoms with Gasteiger partial charge in [-0.3, -0.25) is 19.2 Å². The minimum atomic E-state index is -3.22. The number of carboxylic acid groups (broad SMARTS) is 1. The lowest BCUT2D eigenvalue weighted by molar-refractivity contribution is -0.389. The molecule has 38 heteroatoms. The molecule has 5 aliphatic heterocycles. The fourth-order valence-corrected chi connectivity index (χ4v) is 10.4. The zero-order valence-electron chi connectivity index (χ0n) is 46.0. The van der Waals surface area contributed by atoms with Crippen molar-refractivity contribution in [1.82, 2.24) is 21.3 Å². The molecule has 23 N–H and O–H groups in total. The minimum absolute atomic E-state index is 0.771. The number of hydrogen-bond donors (Lipinski definition) is 23. The quantitative estimate of drug-likeness (QED) is 0.0363. The largest absolute Gasteiger partial charge is 0.477 e. The average Bonchev–Trinajstić information content (AvgIpc) is 1.43. The number of hydrogen-bond acceptors (Lipinski definition) is 33. The molecule has 0 aromatic carbocycles. The second-order valence-corrected chi connectivity index (χ2v) is 20.9. The van der Waals surface area contributed by atoms with Crippen molar-refractivity contribution in [3.63, 3.8) is 0 Å². The van der Waals surface area contributed by atoms with E-state index >= 15 is 0 Å². The number of rotatable bonds is 27. The van der Waals surface area contributed by atoms with Gasteiger partial charge in [-0.2, -0.15) is 0 Å². The van der Waals surface area contributed by atoms with Crippen molar-refractivity contribution in [2.75, 3.05) is 46.2 Å². The first-order valence-electron chi connectivity index (χ1n) is 26.6. The third-order valence-corrected chi connectivity index (χ3v) is 14.7. The van der Waals surface area contributed by atoms with E-state index in [9.17, 15) is 121 Å².